The van der Waals surface area contributed by atoms with Gasteiger partial charge < -0.3 is 15.3 Å². The van der Waals surface area contributed by atoms with E-state index in [0.29, 0.717) is 6.54 Å². The summed E-state index contributed by atoms with van der Waals surface area (Å²) < 4.78 is 0. The number of hydrogen-bond donors (Lipinski definition) is 2. The summed E-state index contributed by atoms with van der Waals surface area (Å²) in [7, 11) is 0. The average molecular weight is 353 g/mol. The molecular weight excluding hydrogens is 326 g/mol. The molecule has 0 bridgehead atoms. The number of amides is 2. The summed E-state index contributed by atoms with van der Waals surface area (Å²) in [5.74, 6) is -0.147. The molecule has 3 atom stereocenters. The molecule has 138 valence electrons. The van der Waals surface area contributed by atoms with Crippen molar-refractivity contribution in [2.45, 2.75) is 57.0 Å². The van der Waals surface area contributed by atoms with Gasteiger partial charge in [0.25, 0.3) is 0 Å². The number of urea groups is 1. The lowest BCUT2D eigenvalue weighted by molar-refractivity contribution is 0.0169. The lowest BCUT2D eigenvalue weighted by Crippen LogP contribution is -2.67. The van der Waals surface area contributed by atoms with Gasteiger partial charge in [0.1, 0.15) is 6.04 Å². The Morgan fingerprint density at radius 2 is 2.12 bits per heavy atom. The van der Waals surface area contributed by atoms with Crippen LogP contribution in [0.15, 0.2) is 30.3 Å². The van der Waals surface area contributed by atoms with Gasteiger partial charge in [-0.3, -0.25) is 0 Å². The molecule has 0 saturated carbocycles. The maximum Gasteiger partial charge on any atom is 0.318 e. The summed E-state index contributed by atoms with van der Waals surface area (Å²) in [6, 6.07) is 9.39. The smallest absolute Gasteiger partial charge is 0.318 e. The topological polar surface area (TPSA) is 76.4 Å². The predicted molar refractivity (Wildman–Crippen MR) is 101 cm³/mol. The van der Waals surface area contributed by atoms with E-state index in [-0.39, 0.29) is 24.6 Å². The van der Waals surface area contributed by atoms with Gasteiger partial charge in [-0.15, -0.1) is 0 Å². The van der Waals surface area contributed by atoms with Crippen LogP contribution in [0.1, 0.15) is 56.1 Å². The third-order valence-electron chi connectivity index (χ3n) is 5.45. The summed E-state index contributed by atoms with van der Waals surface area (Å²) in [6.07, 6.45) is 7.92. The summed E-state index contributed by atoms with van der Waals surface area (Å²) in [6.45, 7) is 2.41. The van der Waals surface area contributed by atoms with Gasteiger partial charge in [-0.05, 0) is 48.8 Å². The molecular formula is C21H27N3O2. The third-order valence-corrected chi connectivity index (χ3v) is 5.45. The first kappa shape index (κ1) is 18.5. The quantitative estimate of drug-likeness (QED) is 0.851. The summed E-state index contributed by atoms with van der Waals surface area (Å²) in [5, 5.41) is 22.2. The molecule has 5 nitrogen and oxygen atoms in total. The van der Waals surface area contributed by atoms with Crippen LogP contribution in [0.5, 0.6) is 0 Å². The number of rotatable bonds is 5. The van der Waals surface area contributed by atoms with Crippen molar-refractivity contribution in [3.63, 3.8) is 0 Å². The lowest BCUT2D eigenvalue weighted by atomic mass is 9.75. The largest absolute Gasteiger partial charge is 0.394 e. The molecule has 1 aromatic rings. The fourth-order valence-corrected chi connectivity index (χ4v) is 4.03. The van der Waals surface area contributed by atoms with Gasteiger partial charge in [-0.25, -0.2) is 4.79 Å². The second kappa shape index (κ2) is 8.37. The predicted octanol–water partition coefficient (Wildman–Crippen LogP) is 3.42. The van der Waals surface area contributed by atoms with Crippen molar-refractivity contribution in [3.8, 4) is 6.07 Å². The first-order chi connectivity index (χ1) is 12.7. The Labute approximate surface area is 155 Å². The fourth-order valence-electron chi connectivity index (χ4n) is 4.03. The van der Waals surface area contributed by atoms with Crippen LogP contribution in [0.25, 0.3) is 5.57 Å². The number of aliphatic hydroxyl groups is 1. The molecule has 1 aliphatic carbocycles. The van der Waals surface area contributed by atoms with Crippen LogP contribution in [-0.2, 0) is 0 Å². The second-order valence-electron chi connectivity index (χ2n) is 7.09. The molecule has 2 N–H and O–H groups in total. The van der Waals surface area contributed by atoms with E-state index in [1.807, 2.05) is 19.1 Å². The summed E-state index contributed by atoms with van der Waals surface area (Å²) in [5.41, 5.74) is 3.64. The molecule has 1 saturated heterocycles. The first-order valence-corrected chi connectivity index (χ1v) is 9.57. The van der Waals surface area contributed by atoms with Crippen molar-refractivity contribution in [3.05, 3.63) is 41.5 Å². The number of nitrogens with one attached hydrogen (secondary N) is 1. The van der Waals surface area contributed by atoms with Crippen molar-refractivity contribution in [2.24, 2.45) is 0 Å². The molecule has 3 rings (SSSR count). The second-order valence-corrected chi connectivity index (χ2v) is 7.09. The Hall–Kier alpha value is -2.32. The minimum Gasteiger partial charge on any atom is -0.394 e. The first-order valence-electron chi connectivity index (χ1n) is 9.57. The van der Waals surface area contributed by atoms with Gasteiger partial charge in [0.05, 0.1) is 18.7 Å². The highest BCUT2D eigenvalue weighted by atomic mass is 16.3. The zero-order valence-electron chi connectivity index (χ0n) is 15.3. The SMILES string of the molecule is CCCNC(=O)N1[C@H](C#N)[C@@H](c2ccc(C3=CCCCC3)cc2)[C@@H]1CO. The molecule has 26 heavy (non-hydrogen) atoms. The van der Waals surface area contributed by atoms with Crippen LogP contribution in [-0.4, -0.2) is 41.3 Å². The van der Waals surface area contributed by atoms with Gasteiger partial charge in [-0.1, -0.05) is 37.3 Å². The van der Waals surface area contributed by atoms with E-state index in [1.165, 1.54) is 28.9 Å². The number of likely N-dealkylation sites (tertiary alicyclic amines) is 1. The van der Waals surface area contributed by atoms with E-state index in [0.717, 1.165) is 24.8 Å². The van der Waals surface area contributed by atoms with Crippen LogP contribution in [0, 0.1) is 11.3 Å². The van der Waals surface area contributed by atoms with Gasteiger partial charge >= 0.3 is 6.03 Å². The van der Waals surface area contributed by atoms with Crippen LogP contribution < -0.4 is 5.32 Å². The molecule has 1 heterocycles. The maximum atomic E-state index is 12.3. The lowest BCUT2D eigenvalue weighted by Gasteiger charge is -2.51. The molecule has 0 unspecified atom stereocenters. The molecule has 0 radical (unpaired) electrons. The minimum atomic E-state index is -0.538. The van der Waals surface area contributed by atoms with E-state index < -0.39 is 6.04 Å². The normalized spacial score (nSPS) is 25.0. The zero-order valence-corrected chi connectivity index (χ0v) is 15.3. The van der Waals surface area contributed by atoms with Gasteiger partial charge in [0.2, 0.25) is 0 Å². The third kappa shape index (κ3) is 3.47. The Morgan fingerprint density at radius 1 is 1.35 bits per heavy atom. The molecule has 1 fully saturated rings. The van der Waals surface area contributed by atoms with Crippen LogP contribution in [0.3, 0.4) is 0 Å². The highest BCUT2D eigenvalue weighted by molar-refractivity contribution is 5.77. The van der Waals surface area contributed by atoms with Crippen molar-refractivity contribution in [1.82, 2.24) is 10.2 Å². The average Bonchev–Trinajstić information content (AvgIpc) is 2.67. The number of aliphatic hydroxyl groups excluding tert-OH is 1. The fraction of sp³-hybridized carbons (Fsp3) is 0.524. The number of carbonyl (C=O) groups excluding carboxylic acids is 1. The highest BCUT2D eigenvalue weighted by Gasteiger charge is 2.51. The monoisotopic (exact) mass is 353 g/mol. The molecule has 5 heteroatoms. The Kier molecular flexibility index (Phi) is 5.95. The van der Waals surface area contributed by atoms with Gasteiger partial charge in [-0.2, -0.15) is 5.26 Å². The number of carbonyl (C=O) groups is 1. The molecule has 1 aromatic carbocycles. The zero-order chi connectivity index (χ0) is 18.5. The van der Waals surface area contributed by atoms with Crippen molar-refractivity contribution in [2.75, 3.05) is 13.2 Å². The summed E-state index contributed by atoms with van der Waals surface area (Å²) >= 11 is 0. The van der Waals surface area contributed by atoms with E-state index in [4.69, 9.17) is 0 Å². The van der Waals surface area contributed by atoms with E-state index in [1.54, 1.807) is 0 Å². The molecule has 2 aliphatic rings. The Balaban J connectivity index is 1.76. The number of allylic oxidation sites excluding steroid dienone is 2. The standard InChI is InChI=1S/C21H27N3O2/c1-2-12-23-21(26)24-18(13-22)20(19(24)14-25)17-10-8-16(9-11-17)15-6-4-3-5-7-15/h6,8-11,18-20,25H,2-5,7,12,14H2,1H3,(H,23,26)/t18-,19+,20-/m1/s1. The van der Waals surface area contributed by atoms with E-state index >= 15 is 0 Å². The minimum absolute atomic E-state index is 0.144. The molecule has 2 amide bonds. The van der Waals surface area contributed by atoms with Gasteiger partial charge in [0.15, 0.2) is 0 Å². The van der Waals surface area contributed by atoms with Crippen molar-refractivity contribution in [1.29, 1.82) is 5.26 Å². The number of nitrogens with zero attached hydrogens (tertiary/aromatic N) is 2. The highest BCUT2D eigenvalue weighted by Crippen LogP contribution is 2.41. The van der Waals surface area contributed by atoms with E-state index in [9.17, 15) is 15.2 Å². The van der Waals surface area contributed by atoms with Crippen LogP contribution in [0.4, 0.5) is 4.79 Å². The van der Waals surface area contributed by atoms with E-state index in [2.05, 4.69) is 29.6 Å². The molecule has 0 spiro atoms. The summed E-state index contributed by atoms with van der Waals surface area (Å²) in [4.78, 5) is 13.8. The van der Waals surface area contributed by atoms with Crippen LogP contribution >= 0.6 is 0 Å². The number of nitriles is 1. The Bertz CT molecular complexity index is 705. The molecule has 1 aliphatic heterocycles. The van der Waals surface area contributed by atoms with Crippen molar-refractivity contribution >= 4 is 11.6 Å². The number of benzene rings is 1. The number of hydrogen-bond acceptors (Lipinski definition) is 3. The van der Waals surface area contributed by atoms with Crippen LogP contribution in [0.2, 0.25) is 0 Å². The Morgan fingerprint density at radius 3 is 2.69 bits per heavy atom. The maximum absolute atomic E-state index is 12.3. The van der Waals surface area contributed by atoms with Gasteiger partial charge in [0, 0.05) is 12.5 Å². The van der Waals surface area contributed by atoms with Crippen molar-refractivity contribution < 1.29 is 9.90 Å². The molecule has 0 aromatic heterocycles.